The van der Waals surface area contributed by atoms with E-state index in [1.807, 2.05) is 0 Å². The number of rotatable bonds is 0. The summed E-state index contributed by atoms with van der Waals surface area (Å²) in [6, 6.07) is 0. The lowest BCUT2D eigenvalue weighted by molar-refractivity contribution is -0.152. The van der Waals surface area contributed by atoms with E-state index in [0.29, 0.717) is 12.8 Å². The van der Waals surface area contributed by atoms with E-state index in [1.54, 1.807) is 0 Å². The van der Waals surface area contributed by atoms with Crippen LogP contribution in [0.3, 0.4) is 0 Å². The minimum absolute atomic E-state index is 0.105. The number of carbonyl (C=O) groups is 2. The van der Waals surface area contributed by atoms with Gasteiger partial charge in [0.05, 0.1) is 0 Å². The molecule has 0 atom stereocenters. The highest BCUT2D eigenvalue weighted by Crippen LogP contribution is 2.12. The molecule has 21 heavy (non-hydrogen) atoms. The Morgan fingerprint density at radius 1 is 0.667 bits per heavy atom. The summed E-state index contributed by atoms with van der Waals surface area (Å²) in [6.07, 6.45) is 9.57. The van der Waals surface area contributed by atoms with Gasteiger partial charge in [0.2, 0.25) is 0 Å². The van der Waals surface area contributed by atoms with Crippen LogP contribution in [-0.4, -0.2) is 36.4 Å². The summed E-state index contributed by atoms with van der Waals surface area (Å²) < 4.78 is 9.91. The summed E-state index contributed by atoms with van der Waals surface area (Å²) in [4.78, 5) is 22.9. The van der Waals surface area contributed by atoms with Crippen molar-refractivity contribution in [2.24, 2.45) is 0 Å². The molecule has 1 N–H and O–H groups in total. The van der Waals surface area contributed by atoms with Crippen LogP contribution in [0.5, 0.6) is 0 Å². The van der Waals surface area contributed by atoms with Gasteiger partial charge in [-0.25, -0.2) is 0 Å². The molecule has 0 radical (unpaired) electrons. The van der Waals surface area contributed by atoms with E-state index in [1.165, 1.54) is 19.3 Å². The predicted molar refractivity (Wildman–Crippen MR) is 78.7 cm³/mol. The lowest BCUT2D eigenvalue weighted by atomic mass is 10.1. The van der Waals surface area contributed by atoms with Gasteiger partial charge < -0.3 is 14.6 Å². The molecule has 5 nitrogen and oxygen atoms in total. The van der Waals surface area contributed by atoms with Crippen LogP contribution in [0.1, 0.15) is 70.6 Å². The first-order valence-electron chi connectivity index (χ1n) is 8.18. The van der Waals surface area contributed by atoms with Crippen molar-refractivity contribution in [3.63, 3.8) is 0 Å². The Morgan fingerprint density at radius 3 is 1.38 bits per heavy atom. The van der Waals surface area contributed by atoms with Gasteiger partial charge in [-0.1, -0.05) is 44.9 Å². The van der Waals surface area contributed by atoms with E-state index in [4.69, 9.17) is 9.47 Å². The molecule has 0 aromatic carbocycles. The lowest BCUT2D eigenvalue weighted by Crippen LogP contribution is -2.25. The Morgan fingerprint density at radius 2 is 1.00 bits per heavy atom. The Labute approximate surface area is 127 Å². The third kappa shape index (κ3) is 10.3. The molecular formula is C16H28O5. The number of hydrogen-bond acceptors (Lipinski definition) is 5. The van der Waals surface area contributed by atoms with Gasteiger partial charge in [-0.15, -0.1) is 0 Å². The van der Waals surface area contributed by atoms with Gasteiger partial charge >= 0.3 is 11.9 Å². The molecule has 1 aliphatic rings. The standard InChI is InChI=1S/C16H28O5/c17-14-12-20-15(18)10-8-6-4-2-1-3-5-7-9-11-16(19)21-13-14/h14,17H,1-13H2. The normalized spacial score (nSPS) is 22.7. The number of carbonyl (C=O) groups excluding carboxylic acids is 2. The third-order valence-corrected chi connectivity index (χ3v) is 3.64. The number of aliphatic hydroxyl groups excluding tert-OH is 1. The van der Waals surface area contributed by atoms with E-state index >= 15 is 0 Å². The fraction of sp³-hybridized carbons (Fsp3) is 0.875. The van der Waals surface area contributed by atoms with Crippen LogP contribution in [0.4, 0.5) is 0 Å². The van der Waals surface area contributed by atoms with Crippen molar-refractivity contribution in [2.75, 3.05) is 13.2 Å². The van der Waals surface area contributed by atoms with Crippen molar-refractivity contribution >= 4 is 11.9 Å². The Kier molecular flexibility index (Phi) is 9.87. The van der Waals surface area contributed by atoms with Crippen molar-refractivity contribution in [2.45, 2.75) is 76.7 Å². The van der Waals surface area contributed by atoms with Crippen LogP contribution >= 0.6 is 0 Å². The van der Waals surface area contributed by atoms with Crippen molar-refractivity contribution < 1.29 is 24.2 Å². The number of aliphatic hydroxyl groups is 1. The molecule has 0 aliphatic carbocycles. The van der Waals surface area contributed by atoms with Gasteiger partial charge in [-0.2, -0.15) is 0 Å². The molecule has 0 aromatic rings. The van der Waals surface area contributed by atoms with Gasteiger partial charge in [-0.3, -0.25) is 9.59 Å². The quantitative estimate of drug-likeness (QED) is 0.696. The number of cyclic esters (lactones) is 2. The van der Waals surface area contributed by atoms with Crippen molar-refractivity contribution in [3.05, 3.63) is 0 Å². The second-order valence-electron chi connectivity index (χ2n) is 5.70. The maximum absolute atomic E-state index is 11.4. The molecule has 1 saturated heterocycles. The predicted octanol–water partition coefficient (Wildman–Crippen LogP) is 2.74. The minimum atomic E-state index is -0.934. The summed E-state index contributed by atoms with van der Waals surface area (Å²) in [5, 5.41) is 9.58. The monoisotopic (exact) mass is 300 g/mol. The highest BCUT2D eigenvalue weighted by Gasteiger charge is 2.12. The van der Waals surface area contributed by atoms with Crippen LogP contribution < -0.4 is 0 Å². The van der Waals surface area contributed by atoms with Crippen LogP contribution in [0.2, 0.25) is 0 Å². The van der Waals surface area contributed by atoms with Crippen LogP contribution in [0, 0.1) is 0 Å². The highest BCUT2D eigenvalue weighted by atomic mass is 16.6. The Balaban J connectivity index is 2.29. The smallest absolute Gasteiger partial charge is 0.305 e. The molecule has 1 aliphatic heterocycles. The number of hydrogen-bond donors (Lipinski definition) is 1. The van der Waals surface area contributed by atoms with Crippen molar-refractivity contribution in [3.8, 4) is 0 Å². The molecule has 0 saturated carbocycles. The number of ether oxygens (including phenoxy) is 2. The van der Waals surface area contributed by atoms with Crippen LogP contribution in [0.15, 0.2) is 0 Å². The summed E-state index contributed by atoms with van der Waals surface area (Å²) >= 11 is 0. The number of esters is 2. The molecule has 1 rings (SSSR count). The third-order valence-electron chi connectivity index (χ3n) is 3.64. The molecule has 1 fully saturated rings. The first-order chi connectivity index (χ1) is 10.2. The van der Waals surface area contributed by atoms with Gasteiger partial charge in [0.15, 0.2) is 0 Å². The maximum atomic E-state index is 11.4. The van der Waals surface area contributed by atoms with Crippen molar-refractivity contribution in [1.29, 1.82) is 0 Å². The Bertz CT molecular complexity index is 275. The summed E-state index contributed by atoms with van der Waals surface area (Å²) in [6.45, 7) is -0.210. The van der Waals surface area contributed by atoms with E-state index in [9.17, 15) is 14.7 Å². The molecule has 0 amide bonds. The molecule has 0 bridgehead atoms. The summed E-state index contributed by atoms with van der Waals surface area (Å²) in [5.41, 5.74) is 0. The largest absolute Gasteiger partial charge is 0.463 e. The summed E-state index contributed by atoms with van der Waals surface area (Å²) in [5.74, 6) is -0.581. The van der Waals surface area contributed by atoms with Crippen LogP contribution in [0.25, 0.3) is 0 Å². The second kappa shape index (κ2) is 11.5. The fourth-order valence-electron chi connectivity index (χ4n) is 2.35. The zero-order valence-corrected chi connectivity index (χ0v) is 12.8. The maximum Gasteiger partial charge on any atom is 0.305 e. The molecule has 0 spiro atoms. The van der Waals surface area contributed by atoms with E-state index < -0.39 is 6.10 Å². The zero-order chi connectivity index (χ0) is 15.3. The molecule has 122 valence electrons. The van der Waals surface area contributed by atoms with Crippen LogP contribution in [-0.2, 0) is 19.1 Å². The molecule has 0 unspecified atom stereocenters. The van der Waals surface area contributed by atoms with E-state index in [-0.39, 0.29) is 25.2 Å². The fourth-order valence-corrected chi connectivity index (χ4v) is 2.35. The lowest BCUT2D eigenvalue weighted by Gasteiger charge is -2.12. The first-order valence-corrected chi connectivity index (χ1v) is 8.18. The average Bonchev–Trinajstić information content (AvgIpc) is 2.47. The van der Waals surface area contributed by atoms with Gasteiger partial charge in [0.25, 0.3) is 0 Å². The Hall–Kier alpha value is -1.10. The van der Waals surface area contributed by atoms with Gasteiger partial charge in [0.1, 0.15) is 19.3 Å². The zero-order valence-electron chi connectivity index (χ0n) is 12.8. The molecule has 5 heteroatoms. The van der Waals surface area contributed by atoms with Gasteiger partial charge in [-0.05, 0) is 12.8 Å². The SMILES string of the molecule is O=C1CCCCCCCCCCCC(=O)OCC(O)CO1. The molecular weight excluding hydrogens is 272 g/mol. The summed E-state index contributed by atoms with van der Waals surface area (Å²) in [7, 11) is 0. The highest BCUT2D eigenvalue weighted by molar-refractivity contribution is 5.69. The minimum Gasteiger partial charge on any atom is -0.463 e. The van der Waals surface area contributed by atoms with E-state index in [0.717, 1.165) is 38.5 Å². The first kappa shape index (κ1) is 18.0. The topological polar surface area (TPSA) is 72.8 Å². The second-order valence-corrected chi connectivity index (χ2v) is 5.70. The average molecular weight is 300 g/mol. The van der Waals surface area contributed by atoms with Crippen molar-refractivity contribution in [1.82, 2.24) is 0 Å². The van der Waals surface area contributed by atoms with E-state index in [2.05, 4.69) is 0 Å². The molecule has 0 aromatic heterocycles. The molecule has 1 heterocycles. The van der Waals surface area contributed by atoms with Gasteiger partial charge in [0, 0.05) is 12.8 Å².